The largest absolute Gasteiger partial charge is 0.482 e. The van der Waals surface area contributed by atoms with Gasteiger partial charge in [0.25, 0.3) is 11.8 Å². The van der Waals surface area contributed by atoms with Crippen molar-refractivity contribution in [3.63, 3.8) is 0 Å². The van der Waals surface area contributed by atoms with Crippen molar-refractivity contribution in [3.05, 3.63) is 86.9 Å². The zero-order valence-electron chi connectivity index (χ0n) is 15.8. The molecule has 154 valence electrons. The average molecular weight is 464 g/mol. The Morgan fingerprint density at radius 2 is 1.57 bits per heavy atom. The molecule has 0 radical (unpaired) electrons. The van der Waals surface area contributed by atoms with Crippen molar-refractivity contribution in [2.24, 2.45) is 0 Å². The summed E-state index contributed by atoms with van der Waals surface area (Å²) < 4.78 is 5.44. The highest BCUT2D eigenvalue weighted by atomic mass is 35.5. The summed E-state index contributed by atoms with van der Waals surface area (Å²) in [7, 11) is 0. The Morgan fingerprint density at radius 1 is 0.867 bits per heavy atom. The second kappa shape index (κ2) is 9.85. The number of ether oxygens (including phenoxy) is 1. The average Bonchev–Trinajstić information content (AvgIpc) is 2.72. The predicted octanol–water partition coefficient (Wildman–Crippen LogP) is 6.23. The van der Waals surface area contributed by atoms with Gasteiger partial charge in [0.2, 0.25) is 0 Å². The number of hydrogen-bond donors (Lipinski definition) is 2. The van der Waals surface area contributed by atoms with Gasteiger partial charge in [-0.25, -0.2) is 0 Å². The summed E-state index contributed by atoms with van der Waals surface area (Å²) in [5.41, 5.74) is 2.27. The molecular formula is C22H17Cl3N2O3. The van der Waals surface area contributed by atoms with Gasteiger partial charge in [0, 0.05) is 23.0 Å². The highest BCUT2D eigenvalue weighted by molar-refractivity contribution is 6.43. The van der Waals surface area contributed by atoms with Crippen molar-refractivity contribution >= 4 is 58.0 Å². The Morgan fingerprint density at radius 3 is 2.30 bits per heavy atom. The molecule has 5 nitrogen and oxygen atoms in total. The number of anilines is 2. The molecule has 0 aliphatic carbocycles. The van der Waals surface area contributed by atoms with Crippen molar-refractivity contribution < 1.29 is 14.3 Å². The third kappa shape index (κ3) is 5.45. The Hall–Kier alpha value is -2.73. The van der Waals surface area contributed by atoms with E-state index in [1.54, 1.807) is 37.3 Å². The smallest absolute Gasteiger partial charge is 0.262 e. The molecular weight excluding hydrogens is 447 g/mol. The topological polar surface area (TPSA) is 67.4 Å². The van der Waals surface area contributed by atoms with E-state index in [9.17, 15) is 9.59 Å². The standard InChI is InChI=1S/C22H17Cl3N2O3/c1-13-15(22(29)26-14-6-3-2-4-7-14)8-5-9-19(13)27-21(28)12-30-20-11-17(24)16(23)10-18(20)25/h2-11H,12H2,1H3,(H,26,29)(H,27,28). The Kier molecular flexibility index (Phi) is 7.21. The highest BCUT2D eigenvalue weighted by Crippen LogP contribution is 2.33. The molecule has 0 heterocycles. The van der Waals surface area contributed by atoms with Crippen LogP contribution >= 0.6 is 34.8 Å². The van der Waals surface area contributed by atoms with Gasteiger partial charge in [-0.15, -0.1) is 0 Å². The summed E-state index contributed by atoms with van der Waals surface area (Å²) in [6.07, 6.45) is 0. The second-order valence-corrected chi connectivity index (χ2v) is 7.55. The summed E-state index contributed by atoms with van der Waals surface area (Å²) in [6.45, 7) is 1.46. The van der Waals surface area contributed by atoms with E-state index in [1.165, 1.54) is 12.1 Å². The fourth-order valence-electron chi connectivity index (χ4n) is 2.68. The molecule has 3 rings (SSSR count). The first-order valence-electron chi connectivity index (χ1n) is 8.88. The van der Waals surface area contributed by atoms with Crippen LogP contribution in [0.25, 0.3) is 0 Å². The fourth-order valence-corrected chi connectivity index (χ4v) is 3.27. The van der Waals surface area contributed by atoms with Crippen LogP contribution < -0.4 is 15.4 Å². The number of halogens is 3. The minimum Gasteiger partial charge on any atom is -0.482 e. The number of amides is 2. The lowest BCUT2D eigenvalue weighted by molar-refractivity contribution is -0.118. The van der Waals surface area contributed by atoms with Crippen molar-refractivity contribution in [2.75, 3.05) is 17.2 Å². The van der Waals surface area contributed by atoms with Crippen molar-refractivity contribution in [1.29, 1.82) is 0 Å². The molecule has 3 aromatic rings. The summed E-state index contributed by atoms with van der Waals surface area (Å²) in [5, 5.41) is 6.37. The highest BCUT2D eigenvalue weighted by Gasteiger charge is 2.15. The van der Waals surface area contributed by atoms with E-state index in [0.29, 0.717) is 27.5 Å². The number of nitrogens with one attached hydrogen (secondary N) is 2. The number of hydrogen-bond acceptors (Lipinski definition) is 3. The van der Waals surface area contributed by atoms with Crippen LogP contribution in [0.3, 0.4) is 0 Å². The molecule has 2 N–H and O–H groups in total. The summed E-state index contributed by atoms with van der Waals surface area (Å²) in [5.74, 6) is -0.441. The van der Waals surface area contributed by atoms with Gasteiger partial charge in [-0.1, -0.05) is 59.1 Å². The van der Waals surface area contributed by atoms with E-state index in [4.69, 9.17) is 39.5 Å². The number of benzene rings is 3. The first-order chi connectivity index (χ1) is 14.3. The van der Waals surface area contributed by atoms with Crippen LogP contribution in [0.15, 0.2) is 60.7 Å². The van der Waals surface area contributed by atoms with Gasteiger partial charge in [-0.05, 0) is 42.8 Å². The van der Waals surface area contributed by atoms with Crippen LogP contribution in [0.5, 0.6) is 5.75 Å². The molecule has 0 bridgehead atoms. The predicted molar refractivity (Wildman–Crippen MR) is 121 cm³/mol. The summed E-state index contributed by atoms with van der Waals surface area (Å²) >= 11 is 17.9. The Labute approximate surface area is 188 Å². The van der Waals surface area contributed by atoms with E-state index in [1.807, 2.05) is 18.2 Å². The summed E-state index contributed by atoms with van der Waals surface area (Å²) in [6, 6.07) is 17.1. The van der Waals surface area contributed by atoms with Crippen LogP contribution in [-0.2, 0) is 4.79 Å². The van der Waals surface area contributed by atoms with Gasteiger partial charge in [-0.2, -0.15) is 0 Å². The third-order valence-electron chi connectivity index (χ3n) is 4.22. The first-order valence-corrected chi connectivity index (χ1v) is 10.0. The lowest BCUT2D eigenvalue weighted by Crippen LogP contribution is -2.22. The number of carbonyl (C=O) groups excluding carboxylic acids is 2. The van der Waals surface area contributed by atoms with E-state index in [2.05, 4.69) is 10.6 Å². The van der Waals surface area contributed by atoms with E-state index >= 15 is 0 Å². The Bertz CT molecular complexity index is 1090. The van der Waals surface area contributed by atoms with Gasteiger partial charge in [0.1, 0.15) is 5.75 Å². The maximum atomic E-state index is 12.6. The molecule has 8 heteroatoms. The lowest BCUT2D eigenvalue weighted by atomic mass is 10.1. The molecule has 0 atom stereocenters. The van der Waals surface area contributed by atoms with Gasteiger partial charge in [0.15, 0.2) is 6.61 Å². The fraction of sp³-hybridized carbons (Fsp3) is 0.0909. The van der Waals surface area contributed by atoms with E-state index in [0.717, 1.165) is 0 Å². The molecule has 0 aliphatic heterocycles. The summed E-state index contributed by atoms with van der Waals surface area (Å²) in [4.78, 5) is 24.9. The SMILES string of the molecule is Cc1c(NC(=O)COc2cc(Cl)c(Cl)cc2Cl)cccc1C(=O)Nc1ccccc1. The maximum absolute atomic E-state index is 12.6. The van der Waals surface area contributed by atoms with Crippen LogP contribution in [0.2, 0.25) is 15.1 Å². The Balaban J connectivity index is 1.66. The number of rotatable bonds is 6. The molecule has 0 aliphatic rings. The van der Waals surface area contributed by atoms with Crippen LogP contribution in [0.1, 0.15) is 15.9 Å². The van der Waals surface area contributed by atoms with Gasteiger partial charge in [-0.3, -0.25) is 9.59 Å². The molecule has 2 amide bonds. The molecule has 0 aromatic heterocycles. The normalized spacial score (nSPS) is 10.4. The maximum Gasteiger partial charge on any atom is 0.262 e. The lowest BCUT2D eigenvalue weighted by Gasteiger charge is -2.14. The quantitative estimate of drug-likeness (QED) is 0.426. The van der Waals surface area contributed by atoms with Crippen molar-refractivity contribution in [1.82, 2.24) is 0 Å². The van der Waals surface area contributed by atoms with Crippen LogP contribution in [-0.4, -0.2) is 18.4 Å². The van der Waals surface area contributed by atoms with Crippen molar-refractivity contribution in [2.45, 2.75) is 6.92 Å². The van der Waals surface area contributed by atoms with Gasteiger partial charge >= 0.3 is 0 Å². The van der Waals surface area contributed by atoms with E-state index in [-0.39, 0.29) is 28.3 Å². The minimum absolute atomic E-state index is 0.243. The molecule has 3 aromatic carbocycles. The van der Waals surface area contributed by atoms with Crippen molar-refractivity contribution in [3.8, 4) is 5.75 Å². The first kappa shape index (κ1) is 22.0. The molecule has 0 saturated heterocycles. The van der Waals surface area contributed by atoms with Gasteiger partial charge < -0.3 is 15.4 Å². The second-order valence-electron chi connectivity index (χ2n) is 6.33. The number of para-hydroxylation sites is 1. The molecule has 30 heavy (non-hydrogen) atoms. The van der Waals surface area contributed by atoms with Crippen LogP contribution in [0, 0.1) is 6.92 Å². The minimum atomic E-state index is -0.416. The molecule has 0 spiro atoms. The van der Waals surface area contributed by atoms with Gasteiger partial charge in [0.05, 0.1) is 15.1 Å². The third-order valence-corrected chi connectivity index (χ3v) is 5.24. The molecule has 0 saturated carbocycles. The molecule has 0 unspecified atom stereocenters. The van der Waals surface area contributed by atoms with E-state index < -0.39 is 5.91 Å². The monoisotopic (exact) mass is 462 g/mol. The van der Waals surface area contributed by atoms with Crippen LogP contribution in [0.4, 0.5) is 11.4 Å². The number of carbonyl (C=O) groups is 2. The molecule has 0 fully saturated rings. The zero-order chi connectivity index (χ0) is 21.7. The zero-order valence-corrected chi connectivity index (χ0v) is 18.1.